The molecule has 0 radical (unpaired) electrons. The lowest BCUT2D eigenvalue weighted by atomic mass is 9.99. The molecule has 0 bridgehead atoms. The molecule has 4 heteroatoms. The van der Waals surface area contributed by atoms with Gasteiger partial charge in [0.2, 0.25) is 0 Å². The lowest BCUT2D eigenvalue weighted by Crippen LogP contribution is -2.36. The zero-order chi connectivity index (χ0) is 13.9. The number of rotatable bonds is 4. The van der Waals surface area contributed by atoms with E-state index in [4.69, 9.17) is 18.0 Å². The molecule has 0 fully saturated rings. The lowest BCUT2D eigenvalue weighted by Gasteiger charge is -2.16. The minimum absolute atomic E-state index is 0.0462. The number of amides is 1. The maximum absolute atomic E-state index is 12.2. The van der Waals surface area contributed by atoms with Crippen molar-refractivity contribution in [2.45, 2.75) is 40.2 Å². The van der Waals surface area contributed by atoms with E-state index in [0.29, 0.717) is 11.4 Å². The Kier molecular flexibility index (Phi) is 4.84. The Balaban J connectivity index is 2.88. The van der Waals surface area contributed by atoms with Gasteiger partial charge in [0.25, 0.3) is 5.91 Å². The van der Waals surface area contributed by atoms with Gasteiger partial charge < -0.3 is 11.1 Å². The molecule has 1 unspecified atom stereocenters. The van der Waals surface area contributed by atoms with Gasteiger partial charge in [0, 0.05) is 18.0 Å². The molecule has 0 saturated carbocycles. The summed E-state index contributed by atoms with van der Waals surface area (Å²) in [7, 11) is 0. The number of nitrogens with one attached hydrogen (secondary N) is 1. The van der Waals surface area contributed by atoms with Crippen molar-refractivity contribution in [1.29, 1.82) is 0 Å². The van der Waals surface area contributed by atoms with Crippen molar-refractivity contribution in [3.05, 3.63) is 34.4 Å². The Labute approximate surface area is 114 Å². The molecule has 1 rings (SSSR count). The van der Waals surface area contributed by atoms with E-state index in [0.717, 1.165) is 22.3 Å². The van der Waals surface area contributed by atoms with Crippen LogP contribution in [0.3, 0.4) is 0 Å². The van der Waals surface area contributed by atoms with E-state index >= 15 is 0 Å². The first-order valence-corrected chi connectivity index (χ1v) is 6.39. The first kappa shape index (κ1) is 14.6. The maximum atomic E-state index is 12.2. The highest BCUT2D eigenvalue weighted by atomic mass is 32.1. The van der Waals surface area contributed by atoms with Crippen molar-refractivity contribution in [2.24, 2.45) is 5.73 Å². The molecule has 18 heavy (non-hydrogen) atoms. The highest BCUT2D eigenvalue weighted by Crippen LogP contribution is 2.16. The minimum atomic E-state index is -0.0613. The minimum Gasteiger partial charge on any atom is -0.393 e. The number of benzene rings is 1. The Morgan fingerprint density at radius 2 is 1.83 bits per heavy atom. The average Bonchev–Trinajstić information content (AvgIpc) is 2.12. The third-order valence-corrected chi connectivity index (χ3v) is 2.96. The summed E-state index contributed by atoms with van der Waals surface area (Å²) in [5.74, 6) is -0.0613. The summed E-state index contributed by atoms with van der Waals surface area (Å²) < 4.78 is 0. The Morgan fingerprint density at radius 3 is 2.28 bits per heavy atom. The van der Waals surface area contributed by atoms with Gasteiger partial charge in [-0.2, -0.15) is 0 Å². The molecule has 1 aromatic carbocycles. The summed E-state index contributed by atoms with van der Waals surface area (Å²) in [5.41, 5.74) is 9.36. The Bertz CT molecular complexity index is 460. The molecular formula is C14H20N2OS. The molecule has 1 atom stereocenters. The van der Waals surface area contributed by atoms with Gasteiger partial charge in [0.1, 0.15) is 0 Å². The van der Waals surface area contributed by atoms with Crippen LogP contribution in [-0.4, -0.2) is 16.9 Å². The van der Waals surface area contributed by atoms with Gasteiger partial charge in [-0.25, -0.2) is 0 Å². The molecule has 0 spiro atoms. The van der Waals surface area contributed by atoms with Gasteiger partial charge in [-0.15, -0.1) is 0 Å². The van der Waals surface area contributed by atoms with Crippen LogP contribution in [0, 0.1) is 20.8 Å². The molecular weight excluding hydrogens is 244 g/mol. The molecule has 0 aliphatic rings. The number of hydrogen-bond donors (Lipinski definition) is 2. The molecule has 0 aliphatic heterocycles. The summed E-state index contributed by atoms with van der Waals surface area (Å²) in [6.45, 7) is 7.83. The third kappa shape index (κ3) is 3.81. The van der Waals surface area contributed by atoms with Gasteiger partial charge in [0.05, 0.1) is 4.99 Å². The summed E-state index contributed by atoms with van der Waals surface area (Å²) in [4.78, 5) is 12.6. The average molecular weight is 264 g/mol. The van der Waals surface area contributed by atoms with E-state index in [9.17, 15) is 4.79 Å². The monoisotopic (exact) mass is 264 g/mol. The zero-order valence-corrected chi connectivity index (χ0v) is 12.1. The fourth-order valence-corrected chi connectivity index (χ4v) is 2.44. The summed E-state index contributed by atoms with van der Waals surface area (Å²) >= 11 is 4.84. The van der Waals surface area contributed by atoms with Gasteiger partial charge >= 0.3 is 0 Å². The summed E-state index contributed by atoms with van der Waals surface area (Å²) in [6, 6.07) is 3.98. The van der Waals surface area contributed by atoms with Gasteiger partial charge in [-0.05, 0) is 38.8 Å². The van der Waals surface area contributed by atoms with E-state index in [1.54, 1.807) is 0 Å². The smallest absolute Gasteiger partial charge is 0.252 e. The lowest BCUT2D eigenvalue weighted by molar-refractivity contribution is 0.0940. The number of thiocarbonyl (C=S) groups is 1. The molecule has 0 heterocycles. The molecule has 1 aromatic rings. The van der Waals surface area contributed by atoms with Crippen LogP contribution in [0.5, 0.6) is 0 Å². The fourth-order valence-electron chi connectivity index (χ4n) is 2.19. The molecule has 0 saturated heterocycles. The van der Waals surface area contributed by atoms with Crippen molar-refractivity contribution in [1.82, 2.24) is 5.32 Å². The standard InChI is InChI=1S/C14H20N2OS/c1-8-5-9(2)13(10(3)6-8)14(17)16-11(4)7-12(15)18/h5-6,11H,7H2,1-4H3,(H2,15,18)(H,16,17). The van der Waals surface area contributed by atoms with Crippen LogP contribution in [0.1, 0.15) is 40.4 Å². The Morgan fingerprint density at radius 1 is 1.33 bits per heavy atom. The van der Waals surface area contributed by atoms with E-state index < -0.39 is 0 Å². The van der Waals surface area contributed by atoms with Gasteiger partial charge in [-0.1, -0.05) is 29.9 Å². The number of hydrogen-bond acceptors (Lipinski definition) is 2. The van der Waals surface area contributed by atoms with Crippen molar-refractivity contribution < 1.29 is 4.79 Å². The van der Waals surface area contributed by atoms with Crippen LogP contribution in [0.2, 0.25) is 0 Å². The second-order valence-corrected chi connectivity index (χ2v) is 5.34. The van der Waals surface area contributed by atoms with Crippen LogP contribution in [0.4, 0.5) is 0 Å². The Hall–Kier alpha value is -1.42. The highest BCUT2D eigenvalue weighted by molar-refractivity contribution is 7.80. The second-order valence-electron chi connectivity index (χ2n) is 4.82. The van der Waals surface area contributed by atoms with E-state index in [1.807, 2.05) is 39.8 Å². The molecule has 98 valence electrons. The molecule has 1 amide bonds. The molecule has 0 aromatic heterocycles. The van der Waals surface area contributed by atoms with Crippen LogP contribution >= 0.6 is 12.2 Å². The molecule has 3 N–H and O–H groups in total. The van der Waals surface area contributed by atoms with Gasteiger partial charge in [-0.3, -0.25) is 4.79 Å². The predicted octanol–water partition coefficient (Wildman–Crippen LogP) is 2.41. The topological polar surface area (TPSA) is 55.1 Å². The first-order chi connectivity index (χ1) is 8.31. The van der Waals surface area contributed by atoms with Crippen molar-refractivity contribution >= 4 is 23.1 Å². The maximum Gasteiger partial charge on any atom is 0.252 e. The van der Waals surface area contributed by atoms with Crippen molar-refractivity contribution in [3.8, 4) is 0 Å². The quantitative estimate of drug-likeness (QED) is 0.821. The normalized spacial score (nSPS) is 12.0. The third-order valence-electron chi connectivity index (χ3n) is 2.79. The molecule has 0 aliphatic carbocycles. The second kappa shape index (κ2) is 5.96. The first-order valence-electron chi connectivity index (χ1n) is 5.98. The summed E-state index contributed by atoms with van der Waals surface area (Å²) in [6.07, 6.45) is 0.519. The van der Waals surface area contributed by atoms with Crippen molar-refractivity contribution in [3.63, 3.8) is 0 Å². The van der Waals surface area contributed by atoms with E-state index in [2.05, 4.69) is 5.32 Å². The van der Waals surface area contributed by atoms with Crippen LogP contribution in [0.15, 0.2) is 12.1 Å². The van der Waals surface area contributed by atoms with Crippen molar-refractivity contribution in [2.75, 3.05) is 0 Å². The van der Waals surface area contributed by atoms with Gasteiger partial charge in [0.15, 0.2) is 0 Å². The number of aryl methyl sites for hydroxylation is 3. The number of carbonyl (C=O) groups is 1. The SMILES string of the molecule is Cc1cc(C)c(C(=O)NC(C)CC(N)=S)c(C)c1. The van der Waals surface area contributed by atoms with E-state index in [-0.39, 0.29) is 11.9 Å². The zero-order valence-electron chi connectivity index (χ0n) is 11.3. The van der Waals surface area contributed by atoms with Crippen LogP contribution in [-0.2, 0) is 0 Å². The largest absolute Gasteiger partial charge is 0.393 e. The highest BCUT2D eigenvalue weighted by Gasteiger charge is 2.15. The number of nitrogens with two attached hydrogens (primary N) is 1. The number of carbonyl (C=O) groups excluding carboxylic acids is 1. The molecule has 3 nitrogen and oxygen atoms in total. The summed E-state index contributed by atoms with van der Waals surface area (Å²) in [5, 5.41) is 2.92. The fraction of sp³-hybridized carbons (Fsp3) is 0.429. The van der Waals surface area contributed by atoms with Crippen LogP contribution < -0.4 is 11.1 Å². The van der Waals surface area contributed by atoms with E-state index in [1.165, 1.54) is 0 Å². The van der Waals surface area contributed by atoms with Crippen LogP contribution in [0.25, 0.3) is 0 Å². The predicted molar refractivity (Wildman–Crippen MR) is 79.0 cm³/mol.